The Morgan fingerprint density at radius 2 is 1.81 bits per heavy atom. The van der Waals surface area contributed by atoms with Crippen LogP contribution in [0, 0.1) is 11.3 Å². The predicted octanol–water partition coefficient (Wildman–Crippen LogP) is 3.54. The van der Waals surface area contributed by atoms with E-state index >= 15 is 0 Å². The van der Waals surface area contributed by atoms with E-state index in [-0.39, 0.29) is 10.5 Å². The summed E-state index contributed by atoms with van der Waals surface area (Å²) in [6, 6.07) is 17.7. The molecule has 3 aromatic rings. The number of hydrogen-bond acceptors (Lipinski definition) is 6. The van der Waals surface area contributed by atoms with Crippen LogP contribution < -0.4 is 15.2 Å². The van der Waals surface area contributed by atoms with Crippen LogP contribution >= 0.6 is 0 Å². The van der Waals surface area contributed by atoms with Gasteiger partial charge in [-0.15, -0.1) is 0 Å². The van der Waals surface area contributed by atoms with Crippen molar-refractivity contribution in [3.63, 3.8) is 0 Å². The summed E-state index contributed by atoms with van der Waals surface area (Å²) >= 11 is 0. The van der Waals surface area contributed by atoms with E-state index in [0.717, 1.165) is 0 Å². The van der Waals surface area contributed by atoms with E-state index in [4.69, 9.17) is 14.3 Å². The second-order valence-corrected chi connectivity index (χ2v) is 7.91. The van der Waals surface area contributed by atoms with Crippen molar-refractivity contribution in [2.45, 2.75) is 11.8 Å². The molecule has 2 aromatic carbocycles. The maximum atomic E-state index is 12.4. The highest BCUT2D eigenvalue weighted by molar-refractivity contribution is 7.89. The molecule has 8 nitrogen and oxygen atoms in total. The minimum absolute atomic E-state index is 0.0133. The van der Waals surface area contributed by atoms with Gasteiger partial charge in [0.05, 0.1) is 11.5 Å². The highest BCUT2D eigenvalue weighted by Crippen LogP contribution is 2.25. The molecule has 0 saturated heterocycles. The number of hydrogen-bond donors (Lipinski definition) is 2. The van der Waals surface area contributed by atoms with Crippen molar-refractivity contribution >= 4 is 27.7 Å². The molecule has 9 heteroatoms. The summed E-state index contributed by atoms with van der Waals surface area (Å²) in [5, 5.41) is 17.1. The third kappa shape index (κ3) is 5.60. The molecule has 3 rings (SSSR count). The standard InChI is InChI=1S/C22H19N3O5S/c1-2-29-18-7-5-17(6-8-18)25-22(26)16(14-23)13-19-9-12-21(30-19)15-3-10-20(11-4-15)31(24,27)28/h3-13H,2H2,1H3,(H,25,26)(H2,24,27,28). The number of anilines is 1. The van der Waals surface area contributed by atoms with Gasteiger partial charge in [0, 0.05) is 17.3 Å². The van der Waals surface area contributed by atoms with E-state index in [0.29, 0.717) is 35.1 Å². The summed E-state index contributed by atoms with van der Waals surface area (Å²) in [5.41, 5.74) is 0.994. The van der Waals surface area contributed by atoms with Gasteiger partial charge in [0.1, 0.15) is 28.9 Å². The number of nitrogens with zero attached hydrogens (tertiary/aromatic N) is 1. The molecule has 0 radical (unpaired) electrons. The van der Waals surface area contributed by atoms with E-state index in [9.17, 15) is 18.5 Å². The van der Waals surface area contributed by atoms with Gasteiger partial charge in [-0.3, -0.25) is 4.79 Å². The summed E-state index contributed by atoms with van der Waals surface area (Å²) in [5.74, 6) is 0.833. The van der Waals surface area contributed by atoms with E-state index in [1.165, 1.54) is 18.2 Å². The summed E-state index contributed by atoms with van der Waals surface area (Å²) in [6.07, 6.45) is 1.33. The fourth-order valence-corrected chi connectivity index (χ4v) is 3.20. The smallest absolute Gasteiger partial charge is 0.266 e. The maximum Gasteiger partial charge on any atom is 0.266 e. The molecule has 1 amide bonds. The molecule has 0 fully saturated rings. The summed E-state index contributed by atoms with van der Waals surface area (Å²) in [6.45, 7) is 2.41. The van der Waals surface area contributed by atoms with Crippen molar-refractivity contribution in [2.24, 2.45) is 5.14 Å². The number of nitriles is 1. The minimum atomic E-state index is -3.78. The number of nitrogens with two attached hydrogens (primary N) is 1. The quantitative estimate of drug-likeness (QED) is 0.429. The summed E-state index contributed by atoms with van der Waals surface area (Å²) in [4.78, 5) is 12.4. The SMILES string of the molecule is CCOc1ccc(NC(=O)C(C#N)=Cc2ccc(-c3ccc(S(N)(=O)=O)cc3)o2)cc1. The number of furan rings is 1. The molecular formula is C22H19N3O5S. The van der Waals surface area contributed by atoms with Gasteiger partial charge in [0.15, 0.2) is 0 Å². The Morgan fingerprint density at radius 3 is 2.39 bits per heavy atom. The number of ether oxygens (including phenoxy) is 1. The van der Waals surface area contributed by atoms with Crippen LogP contribution in [0.25, 0.3) is 17.4 Å². The fourth-order valence-electron chi connectivity index (χ4n) is 2.68. The highest BCUT2D eigenvalue weighted by Gasteiger charge is 2.13. The topological polar surface area (TPSA) is 135 Å². The number of primary sulfonamides is 1. The number of carbonyl (C=O) groups excluding carboxylic acids is 1. The Morgan fingerprint density at radius 1 is 1.13 bits per heavy atom. The first-order valence-electron chi connectivity index (χ1n) is 9.19. The van der Waals surface area contributed by atoms with Gasteiger partial charge in [-0.1, -0.05) is 0 Å². The van der Waals surface area contributed by atoms with Crippen LogP contribution in [0.15, 0.2) is 75.5 Å². The Hall–Kier alpha value is -3.87. The largest absolute Gasteiger partial charge is 0.494 e. The van der Waals surface area contributed by atoms with Crippen molar-refractivity contribution in [2.75, 3.05) is 11.9 Å². The first kappa shape index (κ1) is 21.8. The molecule has 0 aliphatic heterocycles. The maximum absolute atomic E-state index is 12.4. The average molecular weight is 437 g/mol. The number of rotatable bonds is 7. The second-order valence-electron chi connectivity index (χ2n) is 6.35. The van der Waals surface area contributed by atoms with Crippen LogP contribution in [-0.2, 0) is 14.8 Å². The summed E-state index contributed by atoms with van der Waals surface area (Å²) < 4.78 is 33.7. The van der Waals surface area contributed by atoms with Gasteiger partial charge in [-0.25, -0.2) is 13.6 Å². The zero-order valence-electron chi connectivity index (χ0n) is 16.5. The van der Waals surface area contributed by atoms with Gasteiger partial charge < -0.3 is 14.5 Å². The highest BCUT2D eigenvalue weighted by atomic mass is 32.2. The van der Waals surface area contributed by atoms with Crippen molar-refractivity contribution < 1.29 is 22.4 Å². The molecule has 0 aliphatic carbocycles. The van der Waals surface area contributed by atoms with E-state index in [1.54, 1.807) is 48.5 Å². The lowest BCUT2D eigenvalue weighted by Crippen LogP contribution is -2.13. The van der Waals surface area contributed by atoms with E-state index < -0.39 is 15.9 Å². The molecular weight excluding hydrogens is 418 g/mol. The molecule has 0 bridgehead atoms. The lowest BCUT2D eigenvalue weighted by atomic mass is 10.2. The van der Waals surface area contributed by atoms with Gasteiger partial charge in [-0.2, -0.15) is 5.26 Å². The Labute approximate surface area is 179 Å². The van der Waals surface area contributed by atoms with Crippen LogP contribution in [0.1, 0.15) is 12.7 Å². The molecule has 0 aliphatic rings. The minimum Gasteiger partial charge on any atom is -0.494 e. The Kier molecular flexibility index (Phi) is 6.55. The molecule has 0 spiro atoms. The summed E-state index contributed by atoms with van der Waals surface area (Å²) in [7, 11) is -3.78. The third-order valence-corrected chi connectivity index (χ3v) is 5.10. The molecule has 1 heterocycles. The van der Waals surface area contributed by atoms with Gasteiger partial charge in [0.25, 0.3) is 5.91 Å². The Balaban J connectivity index is 1.75. The van der Waals surface area contributed by atoms with Crippen LogP contribution in [-0.4, -0.2) is 20.9 Å². The molecule has 1 aromatic heterocycles. The third-order valence-electron chi connectivity index (χ3n) is 4.17. The zero-order valence-corrected chi connectivity index (χ0v) is 17.3. The Bertz CT molecular complexity index is 1250. The number of benzene rings is 2. The van der Waals surface area contributed by atoms with Crippen LogP contribution in [0.4, 0.5) is 5.69 Å². The number of nitrogens with one attached hydrogen (secondary N) is 1. The second kappa shape index (κ2) is 9.30. The molecule has 31 heavy (non-hydrogen) atoms. The lowest BCUT2D eigenvalue weighted by Gasteiger charge is -2.06. The van der Waals surface area contributed by atoms with E-state index in [1.807, 2.05) is 13.0 Å². The van der Waals surface area contributed by atoms with Gasteiger partial charge in [0.2, 0.25) is 10.0 Å². The molecule has 3 N–H and O–H groups in total. The van der Waals surface area contributed by atoms with E-state index in [2.05, 4.69) is 5.32 Å². The van der Waals surface area contributed by atoms with Gasteiger partial charge in [-0.05, 0) is 67.6 Å². The van der Waals surface area contributed by atoms with Crippen molar-refractivity contribution in [3.05, 3.63) is 72.0 Å². The van der Waals surface area contributed by atoms with Crippen molar-refractivity contribution in [1.29, 1.82) is 5.26 Å². The average Bonchev–Trinajstić information content (AvgIpc) is 3.21. The first-order valence-corrected chi connectivity index (χ1v) is 10.7. The zero-order chi connectivity index (χ0) is 22.4. The molecule has 0 unspecified atom stereocenters. The van der Waals surface area contributed by atoms with Gasteiger partial charge >= 0.3 is 0 Å². The molecule has 158 valence electrons. The van der Waals surface area contributed by atoms with Crippen LogP contribution in [0.2, 0.25) is 0 Å². The van der Waals surface area contributed by atoms with Crippen molar-refractivity contribution in [3.8, 4) is 23.1 Å². The van der Waals surface area contributed by atoms with Crippen LogP contribution in [0.5, 0.6) is 5.75 Å². The van der Waals surface area contributed by atoms with Crippen molar-refractivity contribution in [1.82, 2.24) is 0 Å². The normalized spacial score (nSPS) is 11.6. The predicted molar refractivity (Wildman–Crippen MR) is 115 cm³/mol. The first-order chi connectivity index (χ1) is 14.8. The molecule has 0 atom stereocenters. The number of sulfonamides is 1. The fraction of sp³-hybridized carbons (Fsp3) is 0.0909. The molecule has 0 saturated carbocycles. The number of amides is 1. The number of carbonyl (C=O) groups is 1. The lowest BCUT2D eigenvalue weighted by molar-refractivity contribution is -0.112. The monoisotopic (exact) mass is 437 g/mol. The van der Waals surface area contributed by atoms with Crippen LogP contribution in [0.3, 0.4) is 0 Å².